The standard InChI is InChI=1S/C21H19NO4.CH4/c1-14-17(13-21(24)25)18-12-16(26-2)9-10-19(18)22(14)20(23)11-8-15-6-4-3-5-7-15;/h3-12H,13H2,1-2H3,(H,24,25);1H4/b11-8+;. The Morgan fingerprint density at radius 3 is 2.48 bits per heavy atom. The van der Waals surface area contributed by atoms with E-state index in [1.807, 2.05) is 30.3 Å². The number of aromatic nitrogens is 1. The lowest BCUT2D eigenvalue weighted by Gasteiger charge is -2.04. The second-order valence-corrected chi connectivity index (χ2v) is 5.94. The summed E-state index contributed by atoms with van der Waals surface area (Å²) in [4.78, 5) is 24.1. The predicted octanol–water partition coefficient (Wildman–Crippen LogP) is 4.58. The summed E-state index contributed by atoms with van der Waals surface area (Å²) in [5, 5.41) is 9.95. The number of carbonyl (C=O) groups excluding carboxylic acids is 1. The molecule has 0 amide bonds. The molecule has 0 bridgehead atoms. The first-order valence-corrected chi connectivity index (χ1v) is 8.18. The number of benzene rings is 2. The number of fused-ring (bicyclic) bond motifs is 1. The number of methoxy groups -OCH3 is 1. The molecule has 27 heavy (non-hydrogen) atoms. The van der Waals surface area contributed by atoms with Gasteiger partial charge in [0.1, 0.15) is 5.75 Å². The summed E-state index contributed by atoms with van der Waals surface area (Å²) in [5.41, 5.74) is 2.83. The third-order valence-corrected chi connectivity index (χ3v) is 4.31. The van der Waals surface area contributed by atoms with Crippen LogP contribution < -0.4 is 4.74 Å². The highest BCUT2D eigenvalue weighted by Crippen LogP contribution is 2.30. The van der Waals surface area contributed by atoms with Crippen LogP contribution in [-0.2, 0) is 11.2 Å². The van der Waals surface area contributed by atoms with Gasteiger partial charge in [0.2, 0.25) is 0 Å². The van der Waals surface area contributed by atoms with Gasteiger partial charge in [0.15, 0.2) is 0 Å². The third kappa shape index (κ3) is 4.08. The lowest BCUT2D eigenvalue weighted by molar-refractivity contribution is -0.136. The molecule has 2 aromatic carbocycles. The Morgan fingerprint density at radius 1 is 1.15 bits per heavy atom. The zero-order valence-electron chi connectivity index (χ0n) is 14.6. The fraction of sp³-hybridized carbons (Fsp3) is 0.182. The smallest absolute Gasteiger partial charge is 0.307 e. The Kier molecular flexibility index (Phi) is 6.19. The lowest BCUT2D eigenvalue weighted by atomic mass is 10.1. The van der Waals surface area contributed by atoms with Crippen LogP contribution in [0.3, 0.4) is 0 Å². The summed E-state index contributed by atoms with van der Waals surface area (Å²) in [6, 6.07) is 14.8. The number of hydrogen-bond acceptors (Lipinski definition) is 3. The number of carboxylic acids is 1. The lowest BCUT2D eigenvalue weighted by Crippen LogP contribution is -2.10. The maximum atomic E-state index is 12.8. The van der Waals surface area contributed by atoms with E-state index in [1.54, 1.807) is 42.9 Å². The highest BCUT2D eigenvalue weighted by molar-refractivity contribution is 6.03. The number of allylic oxidation sites excluding steroid dienone is 1. The molecule has 3 rings (SSSR count). The minimum absolute atomic E-state index is 0. The van der Waals surface area contributed by atoms with Gasteiger partial charge in [-0.1, -0.05) is 37.8 Å². The summed E-state index contributed by atoms with van der Waals surface area (Å²) < 4.78 is 6.79. The van der Waals surface area contributed by atoms with E-state index >= 15 is 0 Å². The number of carbonyl (C=O) groups is 2. The van der Waals surface area contributed by atoms with Crippen LogP contribution in [-0.4, -0.2) is 28.7 Å². The fourth-order valence-corrected chi connectivity index (χ4v) is 3.05. The van der Waals surface area contributed by atoms with Crippen molar-refractivity contribution in [3.05, 3.63) is 71.4 Å². The largest absolute Gasteiger partial charge is 0.497 e. The van der Waals surface area contributed by atoms with Gasteiger partial charge in [0.05, 0.1) is 19.0 Å². The van der Waals surface area contributed by atoms with Crippen molar-refractivity contribution in [2.24, 2.45) is 0 Å². The van der Waals surface area contributed by atoms with Gasteiger partial charge in [-0.15, -0.1) is 0 Å². The number of nitrogens with zero attached hydrogens (tertiary/aromatic N) is 1. The molecule has 5 heteroatoms. The van der Waals surface area contributed by atoms with Gasteiger partial charge < -0.3 is 9.84 Å². The van der Waals surface area contributed by atoms with E-state index in [4.69, 9.17) is 4.74 Å². The topological polar surface area (TPSA) is 68.5 Å². The van der Waals surface area contributed by atoms with Crippen LogP contribution in [0.4, 0.5) is 0 Å². The average molecular weight is 365 g/mol. The van der Waals surface area contributed by atoms with Crippen LogP contribution in [0.15, 0.2) is 54.6 Å². The van der Waals surface area contributed by atoms with Crippen molar-refractivity contribution in [2.75, 3.05) is 7.11 Å². The molecule has 0 saturated carbocycles. The summed E-state index contributed by atoms with van der Waals surface area (Å²) in [7, 11) is 1.55. The second-order valence-electron chi connectivity index (χ2n) is 5.94. The molecule has 0 unspecified atom stereocenters. The zero-order valence-corrected chi connectivity index (χ0v) is 14.6. The van der Waals surface area contributed by atoms with Crippen molar-refractivity contribution in [3.8, 4) is 5.75 Å². The normalized spacial score (nSPS) is 10.7. The van der Waals surface area contributed by atoms with Crippen LogP contribution >= 0.6 is 0 Å². The van der Waals surface area contributed by atoms with Crippen molar-refractivity contribution in [1.29, 1.82) is 0 Å². The van der Waals surface area contributed by atoms with E-state index in [0.29, 0.717) is 27.9 Å². The van der Waals surface area contributed by atoms with Gasteiger partial charge in [-0.3, -0.25) is 14.2 Å². The molecule has 0 radical (unpaired) electrons. The van der Waals surface area contributed by atoms with E-state index in [2.05, 4.69) is 0 Å². The number of carboxylic acid groups (broad SMARTS) is 1. The Hall–Kier alpha value is -3.34. The van der Waals surface area contributed by atoms with Crippen LogP contribution in [0.1, 0.15) is 29.0 Å². The van der Waals surface area contributed by atoms with Crippen molar-refractivity contribution < 1.29 is 19.4 Å². The zero-order chi connectivity index (χ0) is 18.7. The van der Waals surface area contributed by atoms with Crippen molar-refractivity contribution in [1.82, 2.24) is 4.57 Å². The highest BCUT2D eigenvalue weighted by Gasteiger charge is 2.19. The van der Waals surface area contributed by atoms with Crippen molar-refractivity contribution in [2.45, 2.75) is 20.8 Å². The van der Waals surface area contributed by atoms with E-state index in [-0.39, 0.29) is 19.8 Å². The van der Waals surface area contributed by atoms with E-state index < -0.39 is 5.97 Å². The van der Waals surface area contributed by atoms with Gasteiger partial charge in [-0.2, -0.15) is 0 Å². The molecule has 0 atom stereocenters. The number of ether oxygens (including phenoxy) is 1. The highest BCUT2D eigenvalue weighted by atomic mass is 16.5. The first-order chi connectivity index (χ1) is 12.5. The molecule has 1 aromatic heterocycles. The minimum atomic E-state index is -0.942. The van der Waals surface area contributed by atoms with Gasteiger partial charge in [-0.25, -0.2) is 0 Å². The molecule has 1 heterocycles. The molecule has 140 valence electrons. The monoisotopic (exact) mass is 365 g/mol. The van der Waals surface area contributed by atoms with Crippen LogP contribution in [0.25, 0.3) is 17.0 Å². The average Bonchev–Trinajstić information content (AvgIpc) is 2.91. The fourth-order valence-electron chi connectivity index (χ4n) is 3.05. The molecule has 0 spiro atoms. The van der Waals surface area contributed by atoms with Crippen LogP contribution in [0, 0.1) is 6.92 Å². The first kappa shape index (κ1) is 20.0. The summed E-state index contributed by atoms with van der Waals surface area (Å²) >= 11 is 0. The van der Waals surface area contributed by atoms with Gasteiger partial charge >= 0.3 is 5.97 Å². The van der Waals surface area contributed by atoms with Gasteiger partial charge in [0, 0.05) is 17.2 Å². The Balaban J connectivity index is 0.00000261. The molecular weight excluding hydrogens is 342 g/mol. The maximum absolute atomic E-state index is 12.8. The first-order valence-electron chi connectivity index (χ1n) is 8.18. The maximum Gasteiger partial charge on any atom is 0.307 e. The van der Waals surface area contributed by atoms with Crippen LogP contribution in [0.2, 0.25) is 0 Å². The Bertz CT molecular complexity index is 1000. The summed E-state index contributed by atoms with van der Waals surface area (Å²) in [6.45, 7) is 1.76. The Morgan fingerprint density at radius 2 is 1.85 bits per heavy atom. The number of rotatable bonds is 5. The Labute approximate surface area is 158 Å². The molecule has 0 aliphatic carbocycles. The second kappa shape index (κ2) is 8.36. The number of hydrogen-bond donors (Lipinski definition) is 1. The third-order valence-electron chi connectivity index (χ3n) is 4.31. The van der Waals surface area contributed by atoms with E-state index in [0.717, 1.165) is 5.56 Å². The van der Waals surface area contributed by atoms with E-state index in [1.165, 1.54) is 6.08 Å². The molecule has 0 aliphatic rings. The summed E-state index contributed by atoms with van der Waals surface area (Å²) in [5.74, 6) is -0.547. The molecule has 3 aromatic rings. The van der Waals surface area contributed by atoms with Gasteiger partial charge in [0.25, 0.3) is 5.91 Å². The minimum Gasteiger partial charge on any atom is -0.497 e. The molecule has 0 aliphatic heterocycles. The van der Waals surface area contributed by atoms with Gasteiger partial charge in [-0.05, 0) is 42.3 Å². The van der Waals surface area contributed by atoms with Crippen LogP contribution in [0.5, 0.6) is 5.75 Å². The molecular formula is C22H23NO4. The van der Waals surface area contributed by atoms with E-state index in [9.17, 15) is 14.7 Å². The predicted molar refractivity (Wildman–Crippen MR) is 107 cm³/mol. The molecule has 5 nitrogen and oxygen atoms in total. The summed E-state index contributed by atoms with van der Waals surface area (Å²) in [6.07, 6.45) is 3.09. The van der Waals surface area contributed by atoms with Crippen molar-refractivity contribution >= 4 is 28.9 Å². The van der Waals surface area contributed by atoms with Crippen molar-refractivity contribution in [3.63, 3.8) is 0 Å². The molecule has 1 N–H and O–H groups in total. The SMILES string of the molecule is C.COc1ccc2c(c1)c(CC(=O)O)c(C)n2C(=O)/C=C/c1ccccc1. The molecule has 0 saturated heterocycles. The quantitative estimate of drug-likeness (QED) is 0.672. The molecule has 0 fully saturated rings. The number of aliphatic carboxylic acids is 1.